The second-order valence-corrected chi connectivity index (χ2v) is 4.45. The van der Waals surface area contributed by atoms with Crippen LogP contribution >= 0.6 is 34.2 Å². The van der Waals surface area contributed by atoms with Gasteiger partial charge in [0.2, 0.25) is 0 Å². The Kier molecular flexibility index (Phi) is 3.13. The van der Waals surface area contributed by atoms with Crippen LogP contribution in [-0.2, 0) is 11.5 Å². The number of methoxy groups -OCH3 is 1. The third kappa shape index (κ3) is 1.83. The highest BCUT2D eigenvalue weighted by molar-refractivity contribution is 14.1. The van der Waals surface area contributed by atoms with E-state index in [9.17, 15) is 4.39 Å². The highest BCUT2D eigenvalue weighted by Crippen LogP contribution is 2.28. The monoisotopic (exact) mass is 340 g/mol. The van der Waals surface area contributed by atoms with Gasteiger partial charge >= 0.3 is 0 Å². The maximum atomic E-state index is 13.1. The van der Waals surface area contributed by atoms with E-state index in [4.69, 9.17) is 16.3 Å². The van der Waals surface area contributed by atoms with Crippen LogP contribution in [0.5, 0.6) is 0 Å². The molecule has 2 aromatic rings. The number of ether oxygens (including phenoxy) is 1. The van der Waals surface area contributed by atoms with Crippen molar-refractivity contribution in [3.8, 4) is 0 Å². The second kappa shape index (κ2) is 4.23. The van der Waals surface area contributed by atoms with Crippen molar-refractivity contribution in [1.82, 2.24) is 9.55 Å². The lowest BCUT2D eigenvalue weighted by Crippen LogP contribution is -2.02. The summed E-state index contributed by atoms with van der Waals surface area (Å²) in [6.07, 6.45) is 1.12. The molecule has 6 heteroatoms. The largest absolute Gasteiger partial charge is 0.364 e. The van der Waals surface area contributed by atoms with Crippen LogP contribution in [0.2, 0.25) is 5.02 Å². The van der Waals surface area contributed by atoms with Crippen molar-refractivity contribution >= 4 is 45.2 Å². The first-order valence-electron chi connectivity index (χ1n) is 4.13. The molecule has 0 spiro atoms. The predicted octanol–water partition coefficient (Wildman–Crippen LogP) is 3.04. The third-order valence-corrected chi connectivity index (χ3v) is 3.30. The van der Waals surface area contributed by atoms with Crippen molar-refractivity contribution in [2.24, 2.45) is 0 Å². The zero-order valence-corrected chi connectivity index (χ0v) is 10.7. The molecular weight excluding hydrogens is 333 g/mol. The molecule has 0 radical (unpaired) electrons. The standard InChI is InChI=1S/C9H7ClFIN2O/c1-15-4-14-7(12)2-5-8(10)6(11)3-13-9(5)14/h2-3H,4H2,1H3. The van der Waals surface area contributed by atoms with Crippen LogP contribution in [0.1, 0.15) is 0 Å². The highest BCUT2D eigenvalue weighted by atomic mass is 127. The van der Waals surface area contributed by atoms with Gasteiger partial charge < -0.3 is 4.74 Å². The molecule has 2 aromatic heterocycles. The number of rotatable bonds is 2. The Labute approximate surface area is 104 Å². The van der Waals surface area contributed by atoms with Gasteiger partial charge in [-0.3, -0.25) is 4.57 Å². The van der Waals surface area contributed by atoms with Gasteiger partial charge in [-0.15, -0.1) is 0 Å². The van der Waals surface area contributed by atoms with Crippen LogP contribution in [0.4, 0.5) is 4.39 Å². The molecule has 0 saturated carbocycles. The Balaban J connectivity index is 2.73. The Hall–Kier alpha value is -0.400. The predicted molar refractivity (Wildman–Crippen MR) is 64.4 cm³/mol. The van der Waals surface area contributed by atoms with E-state index >= 15 is 0 Å². The number of halogens is 3. The summed E-state index contributed by atoms with van der Waals surface area (Å²) in [7, 11) is 1.59. The molecule has 0 saturated heterocycles. The molecule has 0 aliphatic carbocycles. The fourth-order valence-corrected chi connectivity index (χ4v) is 2.23. The molecule has 0 aliphatic heterocycles. The lowest BCUT2D eigenvalue weighted by Gasteiger charge is -2.04. The third-order valence-electron chi connectivity index (χ3n) is 2.02. The van der Waals surface area contributed by atoms with Gasteiger partial charge in [-0.05, 0) is 28.7 Å². The van der Waals surface area contributed by atoms with Crippen LogP contribution in [0.25, 0.3) is 11.0 Å². The van der Waals surface area contributed by atoms with E-state index in [0.717, 1.165) is 9.90 Å². The Morgan fingerprint density at radius 1 is 1.67 bits per heavy atom. The van der Waals surface area contributed by atoms with Crippen molar-refractivity contribution < 1.29 is 9.13 Å². The van der Waals surface area contributed by atoms with E-state index < -0.39 is 5.82 Å². The zero-order valence-electron chi connectivity index (χ0n) is 7.80. The van der Waals surface area contributed by atoms with Gasteiger partial charge in [0, 0.05) is 12.5 Å². The number of pyridine rings is 1. The quantitative estimate of drug-likeness (QED) is 0.786. The summed E-state index contributed by atoms with van der Waals surface area (Å²) in [5.74, 6) is -0.505. The molecule has 0 aromatic carbocycles. The smallest absolute Gasteiger partial charge is 0.160 e. The molecule has 0 fully saturated rings. The minimum absolute atomic E-state index is 0.104. The summed E-state index contributed by atoms with van der Waals surface area (Å²) in [5.41, 5.74) is 0.632. The molecule has 2 heterocycles. The molecule has 2 rings (SSSR count). The summed E-state index contributed by atoms with van der Waals surface area (Å²) < 4.78 is 20.9. The van der Waals surface area contributed by atoms with Crippen LogP contribution in [0.15, 0.2) is 12.3 Å². The highest BCUT2D eigenvalue weighted by Gasteiger charge is 2.13. The van der Waals surface area contributed by atoms with Crippen LogP contribution in [0, 0.1) is 9.52 Å². The van der Waals surface area contributed by atoms with Gasteiger partial charge in [0.05, 0.1) is 14.9 Å². The molecule has 0 unspecified atom stereocenters. The van der Waals surface area contributed by atoms with Crippen LogP contribution in [0.3, 0.4) is 0 Å². The van der Waals surface area contributed by atoms with Gasteiger partial charge in [0.25, 0.3) is 0 Å². The summed E-state index contributed by atoms with van der Waals surface area (Å²) >= 11 is 7.97. The normalized spacial score (nSPS) is 11.2. The molecule has 0 atom stereocenters. The zero-order chi connectivity index (χ0) is 11.0. The van der Waals surface area contributed by atoms with Gasteiger partial charge in [0.1, 0.15) is 12.4 Å². The van der Waals surface area contributed by atoms with E-state index in [1.165, 1.54) is 0 Å². The second-order valence-electron chi connectivity index (χ2n) is 2.97. The SMILES string of the molecule is COCn1c(I)cc2c(Cl)c(F)cnc21. The summed E-state index contributed by atoms with van der Waals surface area (Å²) in [6, 6.07) is 1.79. The number of aromatic nitrogens is 2. The molecule has 80 valence electrons. The Bertz CT molecular complexity index is 514. The first kappa shape index (κ1) is 11.1. The van der Waals surface area contributed by atoms with Gasteiger partial charge in [0.15, 0.2) is 5.82 Å². The fourth-order valence-electron chi connectivity index (χ4n) is 1.36. The van der Waals surface area contributed by atoms with Gasteiger partial charge in [-0.2, -0.15) is 0 Å². The van der Waals surface area contributed by atoms with Crippen molar-refractivity contribution in [2.45, 2.75) is 6.73 Å². The average Bonchev–Trinajstić information content (AvgIpc) is 2.52. The van der Waals surface area contributed by atoms with Crippen LogP contribution in [-0.4, -0.2) is 16.7 Å². The number of hydrogen-bond acceptors (Lipinski definition) is 2. The number of hydrogen-bond donors (Lipinski definition) is 0. The first-order valence-corrected chi connectivity index (χ1v) is 5.58. The minimum atomic E-state index is -0.505. The number of fused-ring (bicyclic) bond motifs is 1. The topological polar surface area (TPSA) is 27.1 Å². The summed E-state index contributed by atoms with van der Waals surface area (Å²) in [5, 5.41) is 0.714. The fraction of sp³-hybridized carbons (Fsp3) is 0.222. The first-order chi connectivity index (χ1) is 7.15. The van der Waals surface area contributed by atoms with E-state index in [0.29, 0.717) is 17.8 Å². The summed E-state index contributed by atoms with van der Waals surface area (Å²) in [4.78, 5) is 4.00. The molecule has 0 N–H and O–H groups in total. The number of nitrogens with zero attached hydrogens (tertiary/aromatic N) is 2. The van der Waals surface area contributed by atoms with E-state index in [1.807, 2.05) is 4.57 Å². The van der Waals surface area contributed by atoms with Crippen molar-refractivity contribution in [3.05, 3.63) is 26.8 Å². The Morgan fingerprint density at radius 3 is 3.07 bits per heavy atom. The van der Waals surface area contributed by atoms with E-state index in [-0.39, 0.29) is 5.02 Å². The minimum Gasteiger partial charge on any atom is -0.364 e. The van der Waals surface area contributed by atoms with E-state index in [2.05, 4.69) is 27.6 Å². The molecule has 0 bridgehead atoms. The van der Waals surface area contributed by atoms with Crippen molar-refractivity contribution in [3.63, 3.8) is 0 Å². The van der Waals surface area contributed by atoms with E-state index in [1.54, 1.807) is 13.2 Å². The van der Waals surface area contributed by atoms with Gasteiger partial charge in [-0.1, -0.05) is 11.6 Å². The lowest BCUT2D eigenvalue weighted by molar-refractivity contribution is 0.132. The Morgan fingerprint density at radius 2 is 2.40 bits per heavy atom. The molecule has 15 heavy (non-hydrogen) atoms. The van der Waals surface area contributed by atoms with Crippen molar-refractivity contribution in [2.75, 3.05) is 7.11 Å². The van der Waals surface area contributed by atoms with Gasteiger partial charge in [-0.25, -0.2) is 9.37 Å². The molecule has 0 amide bonds. The molecular formula is C9H7ClFIN2O. The van der Waals surface area contributed by atoms with Crippen LogP contribution < -0.4 is 0 Å². The lowest BCUT2D eigenvalue weighted by atomic mass is 10.3. The maximum absolute atomic E-state index is 13.1. The summed E-state index contributed by atoms with van der Waals surface area (Å²) in [6.45, 7) is 0.372. The average molecular weight is 341 g/mol. The van der Waals surface area contributed by atoms with Crippen molar-refractivity contribution in [1.29, 1.82) is 0 Å². The molecule has 0 aliphatic rings. The maximum Gasteiger partial charge on any atom is 0.160 e. The molecule has 3 nitrogen and oxygen atoms in total.